The van der Waals surface area contributed by atoms with Crippen LogP contribution in [0.5, 0.6) is 0 Å². The second-order valence-electron chi connectivity index (χ2n) is 5.06. The van der Waals surface area contributed by atoms with Gasteiger partial charge in [-0.25, -0.2) is 4.79 Å². The molecule has 3 nitrogen and oxygen atoms in total. The van der Waals surface area contributed by atoms with Crippen molar-refractivity contribution in [3.63, 3.8) is 0 Å². The molecule has 1 N–H and O–H groups in total. The van der Waals surface area contributed by atoms with Gasteiger partial charge in [0.05, 0.1) is 0 Å². The van der Waals surface area contributed by atoms with Gasteiger partial charge in [-0.05, 0) is 31.8 Å². The molecule has 0 spiro atoms. The number of rotatable bonds is 1. The van der Waals surface area contributed by atoms with Gasteiger partial charge < -0.3 is 5.11 Å². The van der Waals surface area contributed by atoms with Crippen molar-refractivity contribution in [2.75, 3.05) is 0 Å². The van der Waals surface area contributed by atoms with Gasteiger partial charge in [0, 0.05) is 12.0 Å². The Morgan fingerprint density at radius 2 is 1.88 bits per heavy atom. The van der Waals surface area contributed by atoms with Crippen molar-refractivity contribution in [1.29, 1.82) is 0 Å². The van der Waals surface area contributed by atoms with Gasteiger partial charge in [-0.15, -0.1) is 0 Å². The van der Waals surface area contributed by atoms with Crippen molar-refractivity contribution in [3.05, 3.63) is 23.8 Å². The summed E-state index contributed by atoms with van der Waals surface area (Å²) in [7, 11) is 0. The minimum absolute atomic E-state index is 0.176. The molecule has 1 rings (SSSR count). The highest BCUT2D eigenvalue weighted by Crippen LogP contribution is 2.32. The number of ketones is 1. The molecule has 1 aliphatic carbocycles. The first-order chi connectivity index (χ1) is 7.14. The highest BCUT2D eigenvalue weighted by molar-refractivity contribution is 5.91. The third kappa shape index (κ3) is 6.17. The number of aliphatic carboxylic acids is 1. The van der Waals surface area contributed by atoms with Crippen molar-refractivity contribution in [1.82, 2.24) is 0 Å². The fourth-order valence-corrected chi connectivity index (χ4v) is 1.67. The summed E-state index contributed by atoms with van der Waals surface area (Å²) in [5, 5.41) is 7.89. The molecule has 0 fully saturated rings. The summed E-state index contributed by atoms with van der Waals surface area (Å²) in [4.78, 5) is 20.6. The average molecular weight is 224 g/mol. The first-order valence-electron chi connectivity index (χ1n) is 5.23. The molecule has 16 heavy (non-hydrogen) atoms. The molecular weight excluding hydrogens is 204 g/mol. The molecule has 0 aromatic carbocycles. The Morgan fingerprint density at radius 1 is 1.44 bits per heavy atom. The number of carbonyl (C=O) groups is 2. The van der Waals surface area contributed by atoms with E-state index in [-0.39, 0.29) is 16.8 Å². The van der Waals surface area contributed by atoms with Crippen LogP contribution in [-0.4, -0.2) is 16.9 Å². The summed E-state index contributed by atoms with van der Waals surface area (Å²) in [6, 6.07) is 0. The molecule has 0 heterocycles. The van der Waals surface area contributed by atoms with E-state index in [2.05, 4.69) is 20.4 Å². The van der Waals surface area contributed by atoms with Crippen LogP contribution < -0.4 is 0 Å². The van der Waals surface area contributed by atoms with Gasteiger partial charge in [0.2, 0.25) is 0 Å². The lowest BCUT2D eigenvalue weighted by molar-refractivity contribution is -0.132. The van der Waals surface area contributed by atoms with Gasteiger partial charge in [-0.3, -0.25) is 4.79 Å². The summed E-state index contributed by atoms with van der Waals surface area (Å²) in [6.07, 6.45) is 3.55. The first-order valence-corrected chi connectivity index (χ1v) is 5.23. The van der Waals surface area contributed by atoms with Gasteiger partial charge >= 0.3 is 5.97 Å². The van der Waals surface area contributed by atoms with Crippen molar-refractivity contribution in [3.8, 4) is 0 Å². The largest absolute Gasteiger partial charge is 0.478 e. The Kier molecular flexibility index (Phi) is 5.15. The van der Waals surface area contributed by atoms with Crippen LogP contribution >= 0.6 is 0 Å². The molecule has 0 bridgehead atoms. The van der Waals surface area contributed by atoms with E-state index in [1.807, 2.05) is 6.92 Å². The molecule has 0 amide bonds. The third-order valence-corrected chi connectivity index (χ3v) is 2.18. The van der Waals surface area contributed by atoms with Crippen LogP contribution in [0.15, 0.2) is 23.8 Å². The predicted molar refractivity (Wildman–Crippen MR) is 64.2 cm³/mol. The van der Waals surface area contributed by atoms with Gasteiger partial charge in [0.1, 0.15) is 0 Å². The van der Waals surface area contributed by atoms with E-state index >= 15 is 0 Å². The summed E-state index contributed by atoms with van der Waals surface area (Å²) >= 11 is 0. The predicted octanol–water partition coefficient (Wildman–Crippen LogP) is 2.97. The number of carboxylic acids is 1. The Bertz CT molecular complexity index is 323. The Hall–Kier alpha value is -1.38. The standard InChI is InChI=1S/C9H14O.C4H6O2/c1-7-4-8(10)6-9(2,3)5-7;1-3(2)4(5)6/h4H,5-6H2,1-3H3;1H2,2H3,(H,5,6). The van der Waals surface area contributed by atoms with E-state index in [4.69, 9.17) is 5.11 Å². The van der Waals surface area contributed by atoms with Gasteiger partial charge in [-0.2, -0.15) is 0 Å². The van der Waals surface area contributed by atoms with E-state index in [1.54, 1.807) is 6.08 Å². The molecule has 0 unspecified atom stereocenters. The zero-order valence-corrected chi connectivity index (χ0v) is 10.5. The average Bonchev–Trinajstić information content (AvgIpc) is 1.99. The lowest BCUT2D eigenvalue weighted by Gasteiger charge is -2.27. The van der Waals surface area contributed by atoms with Crippen LogP contribution in [0.4, 0.5) is 0 Å². The van der Waals surface area contributed by atoms with Gasteiger partial charge in [0.25, 0.3) is 0 Å². The van der Waals surface area contributed by atoms with E-state index < -0.39 is 5.97 Å². The third-order valence-electron chi connectivity index (χ3n) is 2.18. The van der Waals surface area contributed by atoms with E-state index in [0.717, 1.165) is 6.42 Å². The Morgan fingerprint density at radius 3 is 2.12 bits per heavy atom. The quantitative estimate of drug-likeness (QED) is 0.697. The molecule has 0 saturated heterocycles. The van der Waals surface area contributed by atoms with Crippen LogP contribution in [0.25, 0.3) is 0 Å². The van der Waals surface area contributed by atoms with Crippen LogP contribution in [-0.2, 0) is 9.59 Å². The monoisotopic (exact) mass is 224 g/mol. The maximum atomic E-state index is 11.0. The Labute approximate surface area is 96.9 Å². The number of hydrogen-bond acceptors (Lipinski definition) is 2. The van der Waals surface area contributed by atoms with Crippen LogP contribution in [0.1, 0.15) is 40.5 Å². The number of carboxylic acid groups (broad SMARTS) is 1. The van der Waals surface area contributed by atoms with Crippen LogP contribution in [0, 0.1) is 5.41 Å². The fraction of sp³-hybridized carbons (Fsp3) is 0.538. The second kappa shape index (κ2) is 5.64. The topological polar surface area (TPSA) is 54.4 Å². The fourth-order valence-electron chi connectivity index (χ4n) is 1.67. The van der Waals surface area contributed by atoms with E-state index in [1.165, 1.54) is 12.5 Å². The lowest BCUT2D eigenvalue weighted by Crippen LogP contribution is -2.20. The molecule has 3 heteroatoms. The molecule has 0 radical (unpaired) electrons. The van der Waals surface area contributed by atoms with Crippen molar-refractivity contribution in [2.45, 2.75) is 40.5 Å². The summed E-state index contributed by atoms with van der Waals surface area (Å²) in [6.45, 7) is 10.9. The maximum absolute atomic E-state index is 11.0. The van der Waals surface area contributed by atoms with Crippen LogP contribution in [0.3, 0.4) is 0 Å². The zero-order chi connectivity index (χ0) is 12.9. The molecule has 0 atom stereocenters. The van der Waals surface area contributed by atoms with Crippen molar-refractivity contribution >= 4 is 11.8 Å². The molecule has 90 valence electrons. The molecule has 0 saturated carbocycles. The number of hydrogen-bond donors (Lipinski definition) is 1. The van der Waals surface area contributed by atoms with Gasteiger partial charge in [-0.1, -0.05) is 26.0 Å². The van der Waals surface area contributed by atoms with Gasteiger partial charge in [0.15, 0.2) is 5.78 Å². The number of carbonyl (C=O) groups excluding carboxylic acids is 1. The SMILES string of the molecule is C=C(C)C(=O)O.CC1=CC(=O)CC(C)(C)C1. The smallest absolute Gasteiger partial charge is 0.330 e. The normalized spacial score (nSPS) is 18.0. The van der Waals surface area contributed by atoms with Crippen molar-refractivity contribution in [2.24, 2.45) is 5.41 Å². The van der Waals surface area contributed by atoms with Crippen molar-refractivity contribution < 1.29 is 14.7 Å². The van der Waals surface area contributed by atoms with E-state index in [9.17, 15) is 9.59 Å². The van der Waals surface area contributed by atoms with E-state index in [0.29, 0.717) is 6.42 Å². The Balaban J connectivity index is 0.000000325. The molecule has 0 aromatic rings. The van der Waals surface area contributed by atoms with Crippen LogP contribution in [0.2, 0.25) is 0 Å². The minimum atomic E-state index is -0.935. The summed E-state index contributed by atoms with van der Waals surface area (Å²) in [5.41, 5.74) is 1.60. The number of allylic oxidation sites excluding steroid dienone is 2. The molecule has 0 aliphatic heterocycles. The molecular formula is C13H20O3. The lowest BCUT2D eigenvalue weighted by atomic mass is 9.77. The summed E-state index contributed by atoms with van der Waals surface area (Å²) < 4.78 is 0. The summed E-state index contributed by atoms with van der Waals surface area (Å²) in [5.74, 6) is -0.649. The second-order valence-corrected chi connectivity index (χ2v) is 5.06. The minimum Gasteiger partial charge on any atom is -0.478 e. The highest BCUT2D eigenvalue weighted by atomic mass is 16.4. The molecule has 0 aromatic heterocycles. The zero-order valence-electron chi connectivity index (χ0n) is 10.5. The molecule has 1 aliphatic rings. The first kappa shape index (κ1) is 14.6. The highest BCUT2D eigenvalue weighted by Gasteiger charge is 2.25. The maximum Gasteiger partial charge on any atom is 0.330 e.